The quantitative estimate of drug-likeness (QED) is 0.460. The Bertz CT molecular complexity index is 1140. The third-order valence-electron chi connectivity index (χ3n) is 5.20. The maximum Gasteiger partial charge on any atom is 0.243 e. The van der Waals surface area contributed by atoms with Gasteiger partial charge in [0.25, 0.3) is 0 Å². The lowest BCUT2D eigenvalue weighted by molar-refractivity contribution is 0.314. The Balaban J connectivity index is 1.69. The van der Waals surface area contributed by atoms with E-state index in [2.05, 4.69) is 21.3 Å². The van der Waals surface area contributed by atoms with Crippen LogP contribution in [-0.4, -0.2) is 69.4 Å². The van der Waals surface area contributed by atoms with E-state index in [9.17, 15) is 8.42 Å². The molecule has 3 aromatic rings. The minimum atomic E-state index is -3.65. The van der Waals surface area contributed by atoms with E-state index in [0.717, 1.165) is 10.9 Å². The molecule has 1 N–H and O–H groups in total. The second-order valence-corrected chi connectivity index (χ2v) is 9.92. The first-order chi connectivity index (χ1) is 15.4. The number of halogens is 1. The molecule has 0 unspecified atom stereocenters. The molecule has 0 saturated carbocycles. The summed E-state index contributed by atoms with van der Waals surface area (Å²) in [6.07, 6.45) is 7.41. The summed E-state index contributed by atoms with van der Waals surface area (Å²) >= 11 is 5.92. The van der Waals surface area contributed by atoms with Gasteiger partial charge in [-0.3, -0.25) is 4.98 Å². The highest BCUT2D eigenvalue weighted by Crippen LogP contribution is 2.25. The van der Waals surface area contributed by atoms with E-state index >= 15 is 0 Å². The Hall–Kier alpha value is -2.29. The number of hydrogen-bond acceptors (Lipinski definition) is 5. The number of aromatic nitrogens is 1. The summed E-state index contributed by atoms with van der Waals surface area (Å²) in [7, 11) is 0.151. The van der Waals surface area contributed by atoms with Gasteiger partial charge in [-0.25, -0.2) is 8.42 Å². The van der Waals surface area contributed by atoms with Crippen LogP contribution in [0.5, 0.6) is 0 Å². The molecule has 0 aliphatic heterocycles. The second-order valence-electron chi connectivity index (χ2n) is 7.58. The van der Waals surface area contributed by atoms with Gasteiger partial charge in [0.05, 0.1) is 4.90 Å². The van der Waals surface area contributed by atoms with Crippen LogP contribution in [0, 0.1) is 0 Å². The summed E-state index contributed by atoms with van der Waals surface area (Å²) in [6, 6.07) is 14.7. The molecule has 0 bridgehead atoms. The molecule has 1 aromatic heterocycles. The SMILES string of the molecule is CNCCN(CCN(C)CC=Cc1ccc(Cl)cc1)S(=O)(=O)c1cccc2cnccc12. The number of nitrogens with one attached hydrogen (secondary N) is 1. The van der Waals surface area contributed by atoms with Crippen molar-refractivity contribution in [3.8, 4) is 0 Å². The third kappa shape index (κ3) is 6.37. The van der Waals surface area contributed by atoms with Crippen molar-refractivity contribution >= 4 is 38.5 Å². The normalized spacial score (nSPS) is 12.4. The van der Waals surface area contributed by atoms with Gasteiger partial charge < -0.3 is 10.2 Å². The first kappa shape index (κ1) is 24.4. The highest BCUT2D eigenvalue weighted by atomic mass is 35.5. The zero-order valence-electron chi connectivity index (χ0n) is 18.4. The van der Waals surface area contributed by atoms with Gasteiger partial charge in [-0.2, -0.15) is 4.31 Å². The van der Waals surface area contributed by atoms with Gasteiger partial charge in [-0.1, -0.05) is 48.0 Å². The number of likely N-dealkylation sites (N-methyl/N-ethyl adjacent to an activating group) is 2. The van der Waals surface area contributed by atoms with Gasteiger partial charge in [-0.05, 0) is 43.9 Å². The number of hydrogen-bond donors (Lipinski definition) is 1. The van der Waals surface area contributed by atoms with Crippen molar-refractivity contribution in [3.05, 3.63) is 77.6 Å². The smallest absolute Gasteiger partial charge is 0.243 e. The maximum atomic E-state index is 13.5. The van der Waals surface area contributed by atoms with Gasteiger partial charge in [0.15, 0.2) is 0 Å². The zero-order chi connectivity index (χ0) is 23.0. The summed E-state index contributed by atoms with van der Waals surface area (Å²) in [4.78, 5) is 6.52. The van der Waals surface area contributed by atoms with Gasteiger partial charge >= 0.3 is 0 Å². The van der Waals surface area contributed by atoms with E-state index in [-0.39, 0.29) is 0 Å². The van der Waals surface area contributed by atoms with Crippen LogP contribution in [0.3, 0.4) is 0 Å². The molecule has 6 nitrogen and oxygen atoms in total. The van der Waals surface area contributed by atoms with Crippen molar-refractivity contribution in [2.75, 3.05) is 46.8 Å². The number of benzene rings is 2. The number of pyridine rings is 1. The summed E-state index contributed by atoms with van der Waals surface area (Å²) in [5.41, 5.74) is 1.08. The maximum absolute atomic E-state index is 13.5. The monoisotopic (exact) mass is 472 g/mol. The van der Waals surface area contributed by atoms with E-state index in [1.807, 2.05) is 50.5 Å². The van der Waals surface area contributed by atoms with Crippen LogP contribution in [0.25, 0.3) is 16.8 Å². The summed E-state index contributed by atoms with van der Waals surface area (Å²) in [5.74, 6) is 0. The number of nitrogens with zero attached hydrogens (tertiary/aromatic N) is 3. The summed E-state index contributed by atoms with van der Waals surface area (Å²) in [5, 5.41) is 5.27. The minimum absolute atomic E-state index is 0.318. The Morgan fingerprint density at radius 3 is 2.59 bits per heavy atom. The van der Waals surface area contributed by atoms with Crippen molar-refractivity contribution in [2.24, 2.45) is 0 Å². The molecule has 2 aromatic carbocycles. The van der Waals surface area contributed by atoms with Crippen LogP contribution < -0.4 is 5.32 Å². The molecular formula is C24H29ClN4O2S. The Labute approximate surface area is 195 Å². The van der Waals surface area contributed by atoms with Crippen LogP contribution in [0.2, 0.25) is 5.02 Å². The molecule has 0 aliphatic carbocycles. The van der Waals surface area contributed by atoms with E-state index < -0.39 is 10.0 Å². The molecule has 0 spiro atoms. The fourth-order valence-electron chi connectivity index (χ4n) is 3.36. The summed E-state index contributed by atoms with van der Waals surface area (Å²) < 4.78 is 28.6. The molecule has 8 heteroatoms. The topological polar surface area (TPSA) is 65.5 Å². The van der Waals surface area contributed by atoms with Crippen LogP contribution in [0.4, 0.5) is 0 Å². The molecule has 0 radical (unpaired) electrons. The van der Waals surface area contributed by atoms with Crippen molar-refractivity contribution in [1.29, 1.82) is 0 Å². The lowest BCUT2D eigenvalue weighted by atomic mass is 10.2. The van der Waals surface area contributed by atoms with Crippen molar-refractivity contribution in [1.82, 2.24) is 19.5 Å². The molecule has 32 heavy (non-hydrogen) atoms. The molecule has 0 saturated heterocycles. The molecule has 0 amide bonds. The second kappa shape index (κ2) is 11.5. The highest BCUT2D eigenvalue weighted by Gasteiger charge is 2.26. The first-order valence-electron chi connectivity index (χ1n) is 10.5. The Kier molecular flexibility index (Phi) is 8.78. The van der Waals surface area contributed by atoms with E-state index in [1.54, 1.807) is 34.9 Å². The molecule has 0 aliphatic rings. The molecule has 3 rings (SSSR count). The molecular weight excluding hydrogens is 444 g/mol. The van der Waals surface area contributed by atoms with Crippen LogP contribution in [-0.2, 0) is 10.0 Å². The predicted octanol–water partition coefficient (Wildman–Crippen LogP) is 3.74. The van der Waals surface area contributed by atoms with Gasteiger partial charge in [-0.15, -0.1) is 0 Å². The molecule has 0 atom stereocenters. The number of sulfonamides is 1. The average molecular weight is 473 g/mol. The van der Waals surface area contributed by atoms with Crippen molar-refractivity contribution in [2.45, 2.75) is 4.90 Å². The molecule has 1 heterocycles. The van der Waals surface area contributed by atoms with Crippen LogP contribution >= 0.6 is 11.6 Å². The fourth-order valence-corrected chi connectivity index (χ4v) is 5.13. The molecule has 170 valence electrons. The van der Waals surface area contributed by atoms with Crippen molar-refractivity contribution < 1.29 is 8.42 Å². The van der Waals surface area contributed by atoms with Gasteiger partial charge in [0.2, 0.25) is 10.0 Å². The standard InChI is InChI=1S/C24H29ClN4O2S/c1-26-14-16-29(18-17-28(2)15-4-5-20-8-10-22(25)11-9-20)32(30,31)24-7-3-6-21-19-27-13-12-23(21)24/h3-13,19,26H,14-18H2,1-2H3. The number of fused-ring (bicyclic) bond motifs is 1. The zero-order valence-corrected chi connectivity index (χ0v) is 20.0. The summed E-state index contributed by atoms with van der Waals surface area (Å²) in [6.45, 7) is 2.69. The minimum Gasteiger partial charge on any atom is -0.318 e. The van der Waals surface area contributed by atoms with E-state index in [1.165, 1.54) is 0 Å². The lowest BCUT2D eigenvalue weighted by Gasteiger charge is -2.25. The predicted molar refractivity (Wildman–Crippen MR) is 132 cm³/mol. The van der Waals surface area contributed by atoms with Gasteiger partial charge in [0.1, 0.15) is 0 Å². The lowest BCUT2D eigenvalue weighted by Crippen LogP contribution is -2.40. The fraction of sp³-hybridized carbons (Fsp3) is 0.292. The average Bonchev–Trinajstić information content (AvgIpc) is 2.79. The highest BCUT2D eigenvalue weighted by molar-refractivity contribution is 7.89. The molecule has 0 fully saturated rings. The third-order valence-corrected chi connectivity index (χ3v) is 7.41. The van der Waals surface area contributed by atoms with Crippen molar-refractivity contribution in [3.63, 3.8) is 0 Å². The Morgan fingerprint density at radius 1 is 1.06 bits per heavy atom. The van der Waals surface area contributed by atoms with E-state index in [4.69, 9.17) is 11.6 Å². The van der Waals surface area contributed by atoms with Crippen LogP contribution in [0.1, 0.15) is 5.56 Å². The van der Waals surface area contributed by atoms with E-state index in [0.29, 0.717) is 48.0 Å². The Morgan fingerprint density at radius 2 is 1.84 bits per heavy atom. The largest absolute Gasteiger partial charge is 0.318 e. The first-order valence-corrected chi connectivity index (χ1v) is 12.3. The number of rotatable bonds is 11. The van der Waals surface area contributed by atoms with Crippen LogP contribution in [0.15, 0.2) is 71.9 Å². The van der Waals surface area contributed by atoms with Gasteiger partial charge in [0, 0.05) is 60.9 Å².